The fraction of sp³-hybridized carbons (Fsp3) is 0.182. The zero-order valence-electron chi connectivity index (χ0n) is 16.4. The summed E-state index contributed by atoms with van der Waals surface area (Å²) >= 11 is 6.87. The second-order valence-corrected chi connectivity index (χ2v) is 7.99. The van der Waals surface area contributed by atoms with Crippen LogP contribution in [0, 0.1) is 13.8 Å². The molecule has 0 aliphatic rings. The fourth-order valence-electron chi connectivity index (χ4n) is 2.70. The van der Waals surface area contributed by atoms with Crippen LogP contribution in [0.5, 0.6) is 5.75 Å². The number of aryl methyl sites for hydroxylation is 1. The van der Waals surface area contributed by atoms with Crippen LogP contribution in [0.15, 0.2) is 54.6 Å². The quantitative estimate of drug-likeness (QED) is 0.399. The number of thiocarbonyl (C=S) groups is 1. The molecule has 0 saturated carbocycles. The maximum absolute atomic E-state index is 12.1. The number of ether oxygens (including phenoxy) is 2. The fourth-order valence-corrected chi connectivity index (χ4v) is 4.04. The number of thiophene rings is 1. The van der Waals surface area contributed by atoms with Gasteiger partial charge in [0.2, 0.25) is 0 Å². The van der Waals surface area contributed by atoms with Crippen LogP contribution >= 0.6 is 23.6 Å². The molecule has 0 atom stereocenters. The van der Waals surface area contributed by atoms with Gasteiger partial charge in [-0.05, 0) is 61.5 Å². The summed E-state index contributed by atoms with van der Waals surface area (Å²) < 4.78 is 10.7. The van der Waals surface area contributed by atoms with Gasteiger partial charge in [-0.25, -0.2) is 4.79 Å². The third-order valence-electron chi connectivity index (χ3n) is 4.36. The zero-order valence-corrected chi connectivity index (χ0v) is 18.1. The van der Waals surface area contributed by atoms with Crippen molar-refractivity contribution in [3.63, 3.8) is 0 Å². The van der Waals surface area contributed by atoms with Crippen molar-refractivity contribution in [2.45, 2.75) is 20.5 Å². The zero-order chi connectivity index (χ0) is 20.8. The molecule has 3 rings (SSSR count). The molecule has 0 aliphatic heterocycles. The molecule has 0 unspecified atom stereocenters. The highest BCUT2D eigenvalue weighted by Gasteiger charge is 2.20. The Morgan fingerprint density at radius 3 is 2.38 bits per heavy atom. The monoisotopic (exact) mass is 426 g/mol. The number of nitrogens with one attached hydrogen (secondary N) is 2. The van der Waals surface area contributed by atoms with Gasteiger partial charge in [-0.15, -0.1) is 11.3 Å². The minimum Gasteiger partial charge on any atom is -0.489 e. The van der Waals surface area contributed by atoms with Gasteiger partial charge >= 0.3 is 5.97 Å². The van der Waals surface area contributed by atoms with E-state index in [1.807, 2.05) is 68.4 Å². The van der Waals surface area contributed by atoms with Gasteiger partial charge in [-0.2, -0.15) is 0 Å². The third kappa shape index (κ3) is 5.34. The SMILES string of the molecule is COC(=O)c1c(NC(=S)Nc2ccc(OCc3ccccc3)cc2)sc(C)c1C. The molecule has 150 valence electrons. The Morgan fingerprint density at radius 1 is 1.03 bits per heavy atom. The number of hydrogen-bond acceptors (Lipinski definition) is 5. The first kappa shape index (κ1) is 20.8. The Bertz CT molecular complexity index is 999. The van der Waals surface area contributed by atoms with E-state index in [0.717, 1.165) is 27.4 Å². The normalized spacial score (nSPS) is 10.3. The molecule has 2 aromatic carbocycles. The van der Waals surface area contributed by atoms with E-state index in [1.165, 1.54) is 18.4 Å². The molecule has 0 amide bonds. The van der Waals surface area contributed by atoms with Crippen molar-refractivity contribution in [2.75, 3.05) is 17.7 Å². The Hall–Kier alpha value is -2.90. The Labute approximate surface area is 179 Å². The van der Waals surface area contributed by atoms with Crippen LogP contribution < -0.4 is 15.4 Å². The van der Waals surface area contributed by atoms with Gasteiger partial charge in [0.05, 0.1) is 12.7 Å². The highest BCUT2D eigenvalue weighted by atomic mass is 32.1. The van der Waals surface area contributed by atoms with Crippen LogP contribution in [0.3, 0.4) is 0 Å². The van der Waals surface area contributed by atoms with Crippen molar-refractivity contribution < 1.29 is 14.3 Å². The highest BCUT2D eigenvalue weighted by Crippen LogP contribution is 2.33. The number of benzene rings is 2. The molecular weight excluding hydrogens is 404 g/mol. The van der Waals surface area contributed by atoms with Gasteiger partial charge in [0.1, 0.15) is 17.4 Å². The van der Waals surface area contributed by atoms with E-state index in [0.29, 0.717) is 22.3 Å². The van der Waals surface area contributed by atoms with E-state index >= 15 is 0 Å². The summed E-state index contributed by atoms with van der Waals surface area (Å²) in [7, 11) is 1.37. The van der Waals surface area contributed by atoms with Crippen molar-refractivity contribution >= 4 is 45.3 Å². The van der Waals surface area contributed by atoms with Crippen LogP contribution in [0.25, 0.3) is 0 Å². The number of esters is 1. The lowest BCUT2D eigenvalue weighted by Gasteiger charge is -2.12. The molecule has 5 nitrogen and oxygen atoms in total. The molecule has 1 heterocycles. The average molecular weight is 427 g/mol. The molecule has 0 saturated heterocycles. The molecule has 3 aromatic rings. The van der Waals surface area contributed by atoms with E-state index in [2.05, 4.69) is 10.6 Å². The second kappa shape index (κ2) is 9.54. The van der Waals surface area contributed by atoms with Gasteiger partial charge in [-0.3, -0.25) is 0 Å². The first-order chi connectivity index (χ1) is 14.0. The van der Waals surface area contributed by atoms with Crippen LogP contribution in [0.4, 0.5) is 10.7 Å². The number of methoxy groups -OCH3 is 1. The van der Waals surface area contributed by atoms with Gasteiger partial charge in [0.15, 0.2) is 5.11 Å². The van der Waals surface area contributed by atoms with Crippen molar-refractivity contribution in [3.8, 4) is 5.75 Å². The van der Waals surface area contributed by atoms with Crippen LogP contribution in [-0.4, -0.2) is 18.2 Å². The summed E-state index contributed by atoms with van der Waals surface area (Å²) in [5, 5.41) is 7.30. The number of anilines is 2. The molecule has 1 aromatic heterocycles. The minimum atomic E-state index is -0.378. The van der Waals surface area contributed by atoms with Gasteiger partial charge in [-0.1, -0.05) is 30.3 Å². The number of carbonyl (C=O) groups is 1. The maximum Gasteiger partial charge on any atom is 0.341 e. The van der Waals surface area contributed by atoms with Crippen molar-refractivity contribution in [2.24, 2.45) is 0 Å². The molecule has 2 N–H and O–H groups in total. The Morgan fingerprint density at radius 2 is 1.72 bits per heavy atom. The largest absolute Gasteiger partial charge is 0.489 e. The molecule has 0 bridgehead atoms. The summed E-state index contributed by atoms with van der Waals surface area (Å²) in [5.41, 5.74) is 3.35. The summed E-state index contributed by atoms with van der Waals surface area (Å²) in [4.78, 5) is 13.1. The highest BCUT2D eigenvalue weighted by molar-refractivity contribution is 7.80. The predicted octanol–water partition coefficient (Wildman–Crippen LogP) is 5.54. The van der Waals surface area contributed by atoms with E-state index in [-0.39, 0.29) is 5.97 Å². The van der Waals surface area contributed by atoms with E-state index in [4.69, 9.17) is 21.7 Å². The number of hydrogen-bond donors (Lipinski definition) is 2. The van der Waals surface area contributed by atoms with E-state index in [1.54, 1.807) is 0 Å². The Balaban J connectivity index is 1.60. The topological polar surface area (TPSA) is 59.6 Å². The van der Waals surface area contributed by atoms with Crippen molar-refractivity contribution in [1.29, 1.82) is 0 Å². The maximum atomic E-state index is 12.1. The number of rotatable bonds is 6. The van der Waals surface area contributed by atoms with Crippen LogP contribution in [0.2, 0.25) is 0 Å². The molecule has 0 radical (unpaired) electrons. The lowest BCUT2D eigenvalue weighted by molar-refractivity contribution is 0.0601. The number of carbonyl (C=O) groups excluding carboxylic acids is 1. The van der Waals surface area contributed by atoms with Crippen LogP contribution in [0.1, 0.15) is 26.4 Å². The molecule has 0 fully saturated rings. The minimum absolute atomic E-state index is 0.378. The van der Waals surface area contributed by atoms with Crippen molar-refractivity contribution in [3.05, 3.63) is 76.2 Å². The lowest BCUT2D eigenvalue weighted by atomic mass is 10.1. The van der Waals surface area contributed by atoms with Gasteiger partial charge in [0.25, 0.3) is 0 Å². The summed E-state index contributed by atoms with van der Waals surface area (Å²) in [6.45, 7) is 4.37. The molecule has 7 heteroatoms. The van der Waals surface area contributed by atoms with Crippen LogP contribution in [-0.2, 0) is 11.3 Å². The Kier molecular flexibility index (Phi) is 6.85. The van der Waals surface area contributed by atoms with Gasteiger partial charge < -0.3 is 20.1 Å². The summed E-state index contributed by atoms with van der Waals surface area (Å²) in [5.74, 6) is 0.396. The average Bonchev–Trinajstić information content (AvgIpc) is 3.00. The predicted molar refractivity (Wildman–Crippen MR) is 122 cm³/mol. The van der Waals surface area contributed by atoms with Gasteiger partial charge in [0, 0.05) is 10.6 Å². The van der Waals surface area contributed by atoms with Crippen molar-refractivity contribution in [1.82, 2.24) is 0 Å². The summed E-state index contributed by atoms with van der Waals surface area (Å²) in [6.07, 6.45) is 0. The summed E-state index contributed by atoms with van der Waals surface area (Å²) in [6, 6.07) is 17.5. The second-order valence-electron chi connectivity index (χ2n) is 6.36. The van der Waals surface area contributed by atoms with E-state index in [9.17, 15) is 4.79 Å². The lowest BCUT2D eigenvalue weighted by Crippen LogP contribution is -2.20. The first-order valence-electron chi connectivity index (χ1n) is 9.01. The first-order valence-corrected chi connectivity index (χ1v) is 10.2. The molecular formula is C22H22N2O3S2. The smallest absolute Gasteiger partial charge is 0.341 e. The molecule has 29 heavy (non-hydrogen) atoms. The standard InChI is InChI=1S/C22H22N2O3S2/c1-14-15(2)29-20(19(14)21(25)26-3)24-22(28)23-17-9-11-18(12-10-17)27-13-16-7-5-4-6-8-16/h4-12H,13H2,1-3H3,(H2,23,24,28). The molecule has 0 aliphatic carbocycles. The van der Waals surface area contributed by atoms with E-state index < -0.39 is 0 Å². The molecule has 0 spiro atoms. The third-order valence-corrected chi connectivity index (χ3v) is 5.69.